The maximum Gasteiger partial charge on any atom is 0.302 e. The minimum absolute atomic E-state index is 0.0615. The molecule has 0 aromatic rings. The molecule has 0 N–H and O–H groups in total. The molecular formula is C19H31NO3. The lowest BCUT2D eigenvalue weighted by molar-refractivity contribution is -0.169. The Morgan fingerprint density at radius 1 is 1.26 bits per heavy atom. The van der Waals surface area contributed by atoms with E-state index in [2.05, 4.69) is 18.9 Å². The zero-order valence-electron chi connectivity index (χ0n) is 14.8. The zero-order chi connectivity index (χ0) is 16.6. The van der Waals surface area contributed by atoms with Gasteiger partial charge in [0.1, 0.15) is 11.9 Å². The van der Waals surface area contributed by atoms with E-state index in [9.17, 15) is 9.59 Å². The lowest BCUT2D eigenvalue weighted by Gasteiger charge is -2.50. The van der Waals surface area contributed by atoms with E-state index in [1.54, 1.807) is 0 Å². The molecule has 3 rings (SSSR count). The van der Waals surface area contributed by atoms with E-state index in [4.69, 9.17) is 4.74 Å². The zero-order valence-corrected chi connectivity index (χ0v) is 14.8. The predicted molar refractivity (Wildman–Crippen MR) is 89.0 cm³/mol. The van der Waals surface area contributed by atoms with Gasteiger partial charge in [0.05, 0.1) is 0 Å². The van der Waals surface area contributed by atoms with Crippen LogP contribution in [-0.2, 0) is 14.3 Å². The topological polar surface area (TPSA) is 46.6 Å². The third kappa shape index (κ3) is 3.07. The van der Waals surface area contributed by atoms with Crippen LogP contribution in [0.2, 0.25) is 0 Å². The highest BCUT2D eigenvalue weighted by molar-refractivity contribution is 5.85. The maximum absolute atomic E-state index is 12.8. The summed E-state index contributed by atoms with van der Waals surface area (Å²) in [5.74, 6) is 1.31. The van der Waals surface area contributed by atoms with Gasteiger partial charge in [-0.05, 0) is 70.5 Å². The van der Waals surface area contributed by atoms with E-state index in [0.29, 0.717) is 24.0 Å². The van der Waals surface area contributed by atoms with Gasteiger partial charge in [-0.2, -0.15) is 0 Å². The molecule has 0 unspecified atom stereocenters. The molecule has 23 heavy (non-hydrogen) atoms. The van der Waals surface area contributed by atoms with Gasteiger partial charge in [-0.25, -0.2) is 0 Å². The number of ketones is 1. The molecule has 1 saturated heterocycles. The molecule has 3 aliphatic rings. The van der Waals surface area contributed by atoms with Gasteiger partial charge < -0.3 is 9.64 Å². The van der Waals surface area contributed by atoms with Gasteiger partial charge in [0.15, 0.2) is 0 Å². The second kappa shape index (κ2) is 6.54. The van der Waals surface area contributed by atoms with Crippen LogP contribution in [-0.4, -0.2) is 42.9 Å². The third-order valence-corrected chi connectivity index (χ3v) is 6.64. The molecular weight excluding hydrogens is 290 g/mol. The quantitative estimate of drug-likeness (QED) is 0.697. The van der Waals surface area contributed by atoms with E-state index < -0.39 is 0 Å². The lowest BCUT2D eigenvalue weighted by Crippen LogP contribution is -2.50. The predicted octanol–water partition coefficient (Wildman–Crippen LogP) is 3.05. The summed E-state index contributed by atoms with van der Waals surface area (Å²) in [5.41, 5.74) is -0.0829. The molecule has 4 nitrogen and oxygen atoms in total. The molecule has 2 saturated carbocycles. The molecule has 2 aliphatic carbocycles. The Labute approximate surface area is 139 Å². The number of rotatable bonds is 1. The van der Waals surface area contributed by atoms with Crippen molar-refractivity contribution in [1.29, 1.82) is 0 Å². The van der Waals surface area contributed by atoms with Crippen molar-refractivity contribution < 1.29 is 14.3 Å². The molecule has 130 valence electrons. The smallest absolute Gasteiger partial charge is 0.302 e. The minimum Gasteiger partial charge on any atom is -0.462 e. The molecule has 0 amide bonds. The van der Waals surface area contributed by atoms with Crippen LogP contribution in [0.1, 0.15) is 58.8 Å². The highest BCUT2D eigenvalue weighted by Gasteiger charge is 2.61. The number of Topliss-reactive ketones (excluding diaryl/α,β-unsaturated/α-hetero) is 1. The molecule has 0 aromatic carbocycles. The third-order valence-electron chi connectivity index (χ3n) is 6.64. The molecule has 0 aromatic heterocycles. The van der Waals surface area contributed by atoms with Crippen molar-refractivity contribution in [1.82, 2.24) is 4.90 Å². The van der Waals surface area contributed by atoms with Crippen LogP contribution in [0.25, 0.3) is 0 Å². The Balaban J connectivity index is 1.96. The highest BCUT2D eigenvalue weighted by atomic mass is 16.5. The van der Waals surface area contributed by atoms with Gasteiger partial charge in [0.2, 0.25) is 0 Å². The first-order chi connectivity index (χ1) is 10.9. The fourth-order valence-corrected chi connectivity index (χ4v) is 5.78. The SMILES string of the molecule is CC(=O)O[C@H]1C[C@H](C)C[C@H]2CC(=O)[C@H]3CCCN(C)CCC[C@@]213. The molecule has 1 heterocycles. The molecule has 4 heteroatoms. The number of hydrogen-bond acceptors (Lipinski definition) is 4. The summed E-state index contributed by atoms with van der Waals surface area (Å²) in [7, 11) is 2.17. The number of carbonyl (C=O) groups excluding carboxylic acids is 2. The van der Waals surface area contributed by atoms with E-state index in [1.807, 2.05) is 0 Å². The van der Waals surface area contributed by atoms with E-state index in [-0.39, 0.29) is 23.4 Å². The van der Waals surface area contributed by atoms with E-state index in [1.165, 1.54) is 6.92 Å². The molecule has 0 bridgehead atoms. The van der Waals surface area contributed by atoms with Crippen molar-refractivity contribution in [3.63, 3.8) is 0 Å². The van der Waals surface area contributed by atoms with Crippen LogP contribution in [0.5, 0.6) is 0 Å². The molecule has 3 fully saturated rings. The Morgan fingerprint density at radius 3 is 2.74 bits per heavy atom. The number of hydrogen-bond donors (Lipinski definition) is 0. The first kappa shape index (κ1) is 16.9. The monoisotopic (exact) mass is 321 g/mol. The van der Waals surface area contributed by atoms with Crippen LogP contribution in [0.4, 0.5) is 0 Å². The first-order valence-electron chi connectivity index (χ1n) is 9.32. The maximum atomic E-state index is 12.8. The fraction of sp³-hybridized carbons (Fsp3) is 0.895. The van der Waals surface area contributed by atoms with Crippen molar-refractivity contribution >= 4 is 11.8 Å². The van der Waals surface area contributed by atoms with Crippen molar-refractivity contribution in [3.05, 3.63) is 0 Å². The van der Waals surface area contributed by atoms with Crippen LogP contribution < -0.4 is 0 Å². The summed E-state index contributed by atoms with van der Waals surface area (Å²) in [4.78, 5) is 26.9. The van der Waals surface area contributed by atoms with Gasteiger partial charge in [0.25, 0.3) is 0 Å². The number of ether oxygens (including phenoxy) is 1. The molecule has 5 atom stereocenters. The molecule has 1 aliphatic heterocycles. The average Bonchev–Trinajstić information content (AvgIpc) is 2.75. The van der Waals surface area contributed by atoms with Crippen molar-refractivity contribution in [3.8, 4) is 0 Å². The summed E-state index contributed by atoms with van der Waals surface area (Å²) in [6.45, 7) is 5.90. The van der Waals surface area contributed by atoms with Crippen LogP contribution in [0, 0.1) is 23.2 Å². The van der Waals surface area contributed by atoms with Crippen molar-refractivity contribution in [2.45, 2.75) is 64.9 Å². The van der Waals surface area contributed by atoms with Gasteiger partial charge in [-0.3, -0.25) is 9.59 Å². The Morgan fingerprint density at radius 2 is 2.00 bits per heavy atom. The largest absolute Gasteiger partial charge is 0.462 e. The van der Waals surface area contributed by atoms with E-state index in [0.717, 1.165) is 51.6 Å². The fourth-order valence-electron chi connectivity index (χ4n) is 5.78. The Hall–Kier alpha value is -0.900. The Kier molecular flexibility index (Phi) is 4.82. The molecule has 0 radical (unpaired) electrons. The Bertz CT molecular complexity index is 477. The summed E-state index contributed by atoms with van der Waals surface area (Å²) in [6, 6.07) is 0. The second-order valence-electron chi connectivity index (χ2n) is 8.26. The second-order valence-corrected chi connectivity index (χ2v) is 8.26. The first-order valence-corrected chi connectivity index (χ1v) is 9.32. The summed E-state index contributed by atoms with van der Waals surface area (Å²) >= 11 is 0. The van der Waals surface area contributed by atoms with Gasteiger partial charge >= 0.3 is 5.97 Å². The summed E-state index contributed by atoms with van der Waals surface area (Å²) in [6.07, 6.45) is 6.86. The number of nitrogens with zero attached hydrogens (tertiary/aromatic N) is 1. The standard InChI is InChI=1S/C19H31NO3/c1-13-10-15-12-17(22)16-6-4-8-20(3)9-5-7-19(15,16)18(11-13)23-14(2)21/h13,15-16,18H,4-12H2,1-3H3/t13-,15+,16-,18+,19+/m1/s1. The van der Waals surface area contributed by atoms with Gasteiger partial charge in [-0.15, -0.1) is 0 Å². The van der Waals surface area contributed by atoms with Crippen molar-refractivity contribution in [2.75, 3.05) is 20.1 Å². The van der Waals surface area contributed by atoms with Crippen molar-refractivity contribution in [2.24, 2.45) is 23.2 Å². The minimum atomic E-state index is -0.188. The number of carbonyl (C=O) groups is 2. The van der Waals surface area contributed by atoms with Crippen LogP contribution >= 0.6 is 0 Å². The number of esters is 1. The van der Waals surface area contributed by atoms with Gasteiger partial charge in [-0.1, -0.05) is 6.92 Å². The lowest BCUT2D eigenvalue weighted by atomic mass is 9.57. The summed E-state index contributed by atoms with van der Waals surface area (Å²) in [5, 5.41) is 0. The molecule has 1 spiro atoms. The van der Waals surface area contributed by atoms with Crippen LogP contribution in [0.3, 0.4) is 0 Å². The summed E-state index contributed by atoms with van der Waals surface area (Å²) < 4.78 is 5.84. The van der Waals surface area contributed by atoms with E-state index >= 15 is 0 Å². The average molecular weight is 321 g/mol. The van der Waals surface area contributed by atoms with Gasteiger partial charge in [0, 0.05) is 24.7 Å². The normalized spacial score (nSPS) is 42.1. The van der Waals surface area contributed by atoms with Crippen LogP contribution in [0.15, 0.2) is 0 Å². The highest BCUT2D eigenvalue weighted by Crippen LogP contribution is 2.60.